The fourth-order valence-electron chi connectivity index (χ4n) is 2.26. The van der Waals surface area contributed by atoms with Gasteiger partial charge in [0.05, 0.1) is 18.1 Å². The summed E-state index contributed by atoms with van der Waals surface area (Å²) >= 11 is 0. The van der Waals surface area contributed by atoms with E-state index >= 15 is 0 Å². The van der Waals surface area contributed by atoms with Gasteiger partial charge in [0.1, 0.15) is 5.75 Å². The van der Waals surface area contributed by atoms with Gasteiger partial charge in [-0.2, -0.15) is 0 Å². The predicted molar refractivity (Wildman–Crippen MR) is 85.9 cm³/mol. The number of hydrogen-bond donors (Lipinski definition) is 1. The van der Waals surface area contributed by atoms with Gasteiger partial charge < -0.3 is 20.0 Å². The molecule has 2 rings (SSSR count). The maximum Gasteiger partial charge on any atom is 0.270 e. The lowest BCUT2D eigenvalue weighted by Gasteiger charge is -2.20. The predicted octanol–water partition coefficient (Wildman–Crippen LogP) is 1.21. The summed E-state index contributed by atoms with van der Waals surface area (Å²) in [6, 6.07) is 10.9. The average Bonchev–Trinajstić information content (AvgIpc) is 2.61. The van der Waals surface area contributed by atoms with Crippen molar-refractivity contribution in [3.8, 4) is 5.75 Å². The zero-order chi connectivity index (χ0) is 18.4. The molecule has 1 atom stereocenters. The summed E-state index contributed by atoms with van der Waals surface area (Å²) in [5.74, 6) is -1.37. The number of hydrogen-bond acceptors (Lipinski definition) is 6. The molecule has 1 N–H and O–H groups in total. The Hall–Kier alpha value is -3.42. The molecule has 0 aliphatic heterocycles. The molecule has 0 fully saturated rings. The molecule has 2 aromatic carbocycles. The van der Waals surface area contributed by atoms with Crippen LogP contribution in [0.25, 0.3) is 0 Å². The molecule has 0 aromatic heterocycles. The Bertz CT molecular complexity index is 788. The number of nitrogens with zero attached hydrogens (tertiary/aromatic N) is 1. The van der Waals surface area contributed by atoms with Gasteiger partial charge in [-0.25, -0.2) is 0 Å². The molecule has 0 aliphatic carbocycles. The van der Waals surface area contributed by atoms with Gasteiger partial charge in [-0.1, -0.05) is 18.2 Å². The first-order valence-corrected chi connectivity index (χ1v) is 7.30. The van der Waals surface area contributed by atoms with Crippen molar-refractivity contribution in [3.05, 3.63) is 69.8 Å². The zero-order valence-electron chi connectivity index (χ0n) is 13.3. The molecule has 0 unspecified atom stereocenters. The number of amides is 1. The number of carbonyl (C=O) groups excluding carboxylic acids is 2. The third-order valence-electron chi connectivity index (χ3n) is 3.51. The minimum Gasteiger partial charge on any atom is -0.550 e. The number of aliphatic carboxylic acids is 1. The number of carboxylic acids is 1. The van der Waals surface area contributed by atoms with Crippen LogP contribution in [-0.4, -0.2) is 23.9 Å². The highest BCUT2D eigenvalue weighted by molar-refractivity contribution is 5.95. The van der Waals surface area contributed by atoms with Crippen LogP contribution in [0.3, 0.4) is 0 Å². The summed E-state index contributed by atoms with van der Waals surface area (Å²) in [7, 11) is 1.50. The first-order valence-electron chi connectivity index (χ1n) is 7.30. The van der Waals surface area contributed by atoms with E-state index in [1.54, 1.807) is 24.3 Å². The lowest BCUT2D eigenvalue weighted by atomic mass is 10.0. The Morgan fingerprint density at radius 1 is 1.20 bits per heavy atom. The molecule has 0 spiro atoms. The summed E-state index contributed by atoms with van der Waals surface area (Å²) in [4.78, 5) is 33.5. The van der Waals surface area contributed by atoms with Crippen LogP contribution in [0.4, 0.5) is 5.69 Å². The van der Waals surface area contributed by atoms with Gasteiger partial charge in [0.15, 0.2) is 0 Å². The number of carboxylic acid groups (broad SMARTS) is 1. The van der Waals surface area contributed by atoms with E-state index in [1.807, 2.05) is 0 Å². The van der Waals surface area contributed by atoms with E-state index in [4.69, 9.17) is 4.74 Å². The van der Waals surface area contributed by atoms with E-state index < -0.39 is 29.3 Å². The fourth-order valence-corrected chi connectivity index (χ4v) is 2.26. The zero-order valence-corrected chi connectivity index (χ0v) is 13.3. The van der Waals surface area contributed by atoms with Crippen LogP contribution in [-0.2, 0) is 4.79 Å². The molecule has 1 amide bonds. The first-order chi connectivity index (χ1) is 11.9. The summed E-state index contributed by atoms with van der Waals surface area (Å²) < 4.78 is 5.04. The molecule has 0 heterocycles. The minimum atomic E-state index is -1.33. The van der Waals surface area contributed by atoms with Crippen LogP contribution in [0.5, 0.6) is 5.75 Å². The van der Waals surface area contributed by atoms with E-state index in [0.717, 1.165) is 6.07 Å². The third-order valence-corrected chi connectivity index (χ3v) is 3.51. The van der Waals surface area contributed by atoms with Gasteiger partial charge in [-0.3, -0.25) is 14.9 Å². The molecule has 130 valence electrons. The number of nitro benzene ring substituents is 1. The topological polar surface area (TPSA) is 122 Å². The van der Waals surface area contributed by atoms with Crippen molar-refractivity contribution < 1.29 is 24.4 Å². The van der Waals surface area contributed by atoms with Crippen molar-refractivity contribution in [2.75, 3.05) is 7.11 Å². The van der Waals surface area contributed by atoms with Crippen LogP contribution in [0.1, 0.15) is 28.4 Å². The quantitative estimate of drug-likeness (QED) is 0.596. The summed E-state index contributed by atoms with van der Waals surface area (Å²) in [5, 5.41) is 24.4. The van der Waals surface area contributed by atoms with Crippen LogP contribution in [0.2, 0.25) is 0 Å². The number of non-ortho nitro benzene ring substituents is 1. The van der Waals surface area contributed by atoms with Gasteiger partial charge in [0.2, 0.25) is 0 Å². The summed E-state index contributed by atoms with van der Waals surface area (Å²) in [5.41, 5.74) is 0.378. The molecular weight excluding hydrogens is 328 g/mol. The van der Waals surface area contributed by atoms with Crippen LogP contribution >= 0.6 is 0 Å². The van der Waals surface area contributed by atoms with Gasteiger partial charge in [0.25, 0.3) is 11.6 Å². The molecule has 0 saturated heterocycles. The van der Waals surface area contributed by atoms with Crippen molar-refractivity contribution in [1.82, 2.24) is 5.32 Å². The number of rotatable bonds is 7. The molecular formula is C17H15N2O6-. The van der Waals surface area contributed by atoms with Crippen molar-refractivity contribution in [3.63, 3.8) is 0 Å². The SMILES string of the molecule is COc1ccc([C@H](CC(=O)[O-])NC(=O)c2cccc([N+](=O)[O-])c2)cc1. The van der Waals surface area contributed by atoms with Crippen molar-refractivity contribution in [2.45, 2.75) is 12.5 Å². The standard InChI is InChI=1S/C17H16N2O6/c1-25-14-7-5-11(6-8-14)15(10-16(20)21)18-17(22)12-3-2-4-13(9-12)19(23)24/h2-9,15H,10H2,1H3,(H,18,22)(H,20,21)/p-1/t15-/m0/s1. The highest BCUT2D eigenvalue weighted by atomic mass is 16.6. The Morgan fingerprint density at radius 2 is 1.88 bits per heavy atom. The number of benzene rings is 2. The second kappa shape index (κ2) is 7.91. The smallest absolute Gasteiger partial charge is 0.270 e. The Kier molecular flexibility index (Phi) is 5.67. The van der Waals surface area contributed by atoms with Crippen LogP contribution in [0, 0.1) is 10.1 Å². The number of nitro groups is 1. The van der Waals surface area contributed by atoms with Gasteiger partial charge in [0, 0.05) is 30.1 Å². The highest BCUT2D eigenvalue weighted by Crippen LogP contribution is 2.21. The monoisotopic (exact) mass is 343 g/mol. The van der Waals surface area contributed by atoms with Gasteiger partial charge >= 0.3 is 0 Å². The van der Waals surface area contributed by atoms with E-state index in [-0.39, 0.29) is 11.3 Å². The van der Waals surface area contributed by atoms with Crippen molar-refractivity contribution >= 4 is 17.6 Å². The number of carbonyl (C=O) groups is 2. The maximum absolute atomic E-state index is 12.3. The number of ether oxygens (including phenoxy) is 1. The normalized spacial score (nSPS) is 11.4. The Balaban J connectivity index is 2.23. The van der Waals surface area contributed by atoms with Crippen molar-refractivity contribution in [2.24, 2.45) is 0 Å². The lowest BCUT2D eigenvalue weighted by molar-refractivity contribution is -0.384. The Labute approximate surface area is 143 Å². The highest BCUT2D eigenvalue weighted by Gasteiger charge is 2.18. The molecule has 0 radical (unpaired) electrons. The molecule has 0 saturated carbocycles. The lowest BCUT2D eigenvalue weighted by Crippen LogP contribution is -2.34. The molecule has 0 aliphatic rings. The summed E-state index contributed by atoms with van der Waals surface area (Å²) in [6.45, 7) is 0. The van der Waals surface area contributed by atoms with Crippen molar-refractivity contribution in [1.29, 1.82) is 0 Å². The van der Waals surface area contributed by atoms with Crippen LogP contribution in [0.15, 0.2) is 48.5 Å². The van der Waals surface area contributed by atoms with Gasteiger partial charge in [-0.05, 0) is 23.8 Å². The summed E-state index contributed by atoms with van der Waals surface area (Å²) in [6.07, 6.45) is -0.438. The van der Waals surface area contributed by atoms with Crippen LogP contribution < -0.4 is 15.2 Å². The Morgan fingerprint density at radius 3 is 2.44 bits per heavy atom. The van der Waals surface area contributed by atoms with E-state index in [9.17, 15) is 24.8 Å². The van der Waals surface area contributed by atoms with E-state index in [2.05, 4.69) is 5.32 Å². The van der Waals surface area contributed by atoms with E-state index in [1.165, 1.54) is 25.3 Å². The fraction of sp³-hybridized carbons (Fsp3) is 0.176. The second-order valence-electron chi connectivity index (χ2n) is 5.18. The maximum atomic E-state index is 12.3. The molecule has 0 bridgehead atoms. The largest absolute Gasteiger partial charge is 0.550 e. The average molecular weight is 343 g/mol. The molecule has 8 heteroatoms. The first kappa shape index (κ1) is 17.9. The number of methoxy groups -OCH3 is 1. The molecule has 8 nitrogen and oxygen atoms in total. The second-order valence-corrected chi connectivity index (χ2v) is 5.18. The van der Waals surface area contributed by atoms with E-state index in [0.29, 0.717) is 11.3 Å². The molecule has 2 aromatic rings. The van der Waals surface area contributed by atoms with Gasteiger partial charge in [-0.15, -0.1) is 0 Å². The third kappa shape index (κ3) is 4.77. The molecule has 25 heavy (non-hydrogen) atoms. The minimum absolute atomic E-state index is 0.0612. The number of nitrogens with one attached hydrogen (secondary N) is 1.